The molecule has 1 rings (SSSR count). The van der Waals surface area contributed by atoms with Crippen LogP contribution in [0.3, 0.4) is 0 Å². The molecule has 3 heteroatoms. The molecule has 0 saturated heterocycles. The number of unbranched alkanes of at least 4 members (excludes halogenated alkanes) is 1. The summed E-state index contributed by atoms with van der Waals surface area (Å²) in [7, 11) is 0. The van der Waals surface area contributed by atoms with E-state index in [1.807, 2.05) is 6.07 Å². The molecule has 0 atom stereocenters. The molecular weight excluding hydrogens is 190 g/mol. The Balaban J connectivity index is 2.77. The van der Waals surface area contributed by atoms with E-state index in [0.717, 1.165) is 19.1 Å². The van der Waals surface area contributed by atoms with E-state index in [9.17, 15) is 4.79 Å². The monoisotopic (exact) mass is 205 g/mol. The van der Waals surface area contributed by atoms with Crippen LogP contribution < -0.4 is 4.74 Å². The molecule has 1 aromatic carbocycles. The molecule has 0 spiro atoms. The summed E-state index contributed by atoms with van der Waals surface area (Å²) in [4.78, 5) is 11.3. The molecule has 15 heavy (non-hydrogen) atoms. The Morgan fingerprint density at radius 2 is 2.20 bits per heavy atom. The third-order valence-electron chi connectivity index (χ3n) is 2.04. The molecule has 0 radical (unpaired) electrons. The normalized spacial score (nSPS) is 9.67. The summed E-state index contributed by atoms with van der Waals surface area (Å²) >= 11 is 0. The second-order valence-corrected chi connectivity index (χ2v) is 3.21. The lowest BCUT2D eigenvalue weighted by molar-refractivity contribution is 0.106. The van der Waals surface area contributed by atoms with Crippen LogP contribution in [0.5, 0.6) is 5.75 Å². The van der Waals surface area contributed by atoms with E-state index in [-0.39, 0.29) is 5.78 Å². The SMILES string of the molecule is CCCCOc1ccccc1C(=O)C=N. The number of Topliss-reactive ketones (excluding diaryl/α,β-unsaturated/α-hetero) is 1. The van der Waals surface area contributed by atoms with E-state index >= 15 is 0 Å². The summed E-state index contributed by atoms with van der Waals surface area (Å²) in [5.41, 5.74) is 0.462. The predicted octanol–water partition coefficient (Wildman–Crippen LogP) is 2.70. The minimum atomic E-state index is -0.318. The van der Waals surface area contributed by atoms with E-state index < -0.39 is 0 Å². The van der Waals surface area contributed by atoms with Gasteiger partial charge in [0, 0.05) is 0 Å². The summed E-state index contributed by atoms with van der Waals surface area (Å²) in [6.07, 6.45) is 2.83. The van der Waals surface area contributed by atoms with Gasteiger partial charge in [-0.15, -0.1) is 0 Å². The topological polar surface area (TPSA) is 50.2 Å². The van der Waals surface area contributed by atoms with Gasteiger partial charge in [0.05, 0.1) is 18.4 Å². The highest BCUT2D eigenvalue weighted by Gasteiger charge is 2.08. The summed E-state index contributed by atoms with van der Waals surface area (Å²) in [6, 6.07) is 7.02. The smallest absolute Gasteiger partial charge is 0.206 e. The molecule has 0 aliphatic rings. The van der Waals surface area contributed by atoms with Crippen LogP contribution in [0.15, 0.2) is 24.3 Å². The van der Waals surface area contributed by atoms with Gasteiger partial charge in [-0.2, -0.15) is 0 Å². The van der Waals surface area contributed by atoms with E-state index in [1.165, 1.54) is 0 Å². The lowest BCUT2D eigenvalue weighted by atomic mass is 10.1. The van der Waals surface area contributed by atoms with Gasteiger partial charge in [-0.3, -0.25) is 4.79 Å². The van der Waals surface area contributed by atoms with Crippen LogP contribution in [0.2, 0.25) is 0 Å². The van der Waals surface area contributed by atoms with Gasteiger partial charge in [-0.1, -0.05) is 25.5 Å². The number of benzene rings is 1. The average molecular weight is 205 g/mol. The van der Waals surface area contributed by atoms with Crippen LogP contribution in [0, 0.1) is 5.41 Å². The van der Waals surface area contributed by atoms with Gasteiger partial charge >= 0.3 is 0 Å². The minimum Gasteiger partial charge on any atom is -0.493 e. The van der Waals surface area contributed by atoms with Crippen LogP contribution in [0.25, 0.3) is 0 Å². The first-order chi connectivity index (χ1) is 7.29. The minimum absolute atomic E-state index is 0.318. The van der Waals surface area contributed by atoms with E-state index in [1.54, 1.807) is 18.2 Å². The first kappa shape index (κ1) is 11.4. The van der Waals surface area contributed by atoms with Crippen molar-refractivity contribution in [3.63, 3.8) is 0 Å². The molecular formula is C12H15NO2. The largest absolute Gasteiger partial charge is 0.493 e. The first-order valence-corrected chi connectivity index (χ1v) is 5.06. The highest BCUT2D eigenvalue weighted by Crippen LogP contribution is 2.18. The van der Waals surface area contributed by atoms with E-state index in [4.69, 9.17) is 10.1 Å². The fourth-order valence-electron chi connectivity index (χ4n) is 1.20. The fourth-order valence-corrected chi connectivity index (χ4v) is 1.20. The molecule has 80 valence electrons. The standard InChI is InChI=1S/C12H15NO2/c1-2-3-8-15-12-7-5-4-6-10(12)11(14)9-13/h4-7,9,13H,2-3,8H2,1H3. The van der Waals surface area contributed by atoms with Crippen LogP contribution in [0.4, 0.5) is 0 Å². The number of nitrogens with one attached hydrogen (secondary N) is 1. The van der Waals surface area contributed by atoms with Crippen LogP contribution in [-0.2, 0) is 0 Å². The van der Waals surface area contributed by atoms with Crippen molar-refractivity contribution in [2.24, 2.45) is 0 Å². The van der Waals surface area contributed by atoms with Gasteiger partial charge in [0.15, 0.2) is 0 Å². The van der Waals surface area contributed by atoms with Crippen molar-refractivity contribution in [2.75, 3.05) is 6.61 Å². The summed E-state index contributed by atoms with van der Waals surface area (Å²) in [6.45, 7) is 2.69. The molecule has 0 amide bonds. The zero-order valence-electron chi connectivity index (χ0n) is 8.82. The molecule has 0 aliphatic carbocycles. The lowest BCUT2D eigenvalue weighted by Gasteiger charge is -2.08. The highest BCUT2D eigenvalue weighted by atomic mass is 16.5. The molecule has 0 heterocycles. The Hall–Kier alpha value is -1.64. The maximum Gasteiger partial charge on any atom is 0.206 e. The number of rotatable bonds is 6. The highest BCUT2D eigenvalue weighted by molar-refractivity contribution is 6.35. The van der Waals surface area contributed by atoms with Crippen molar-refractivity contribution >= 4 is 12.0 Å². The van der Waals surface area contributed by atoms with Crippen molar-refractivity contribution in [3.8, 4) is 5.75 Å². The molecule has 0 bridgehead atoms. The summed E-state index contributed by atoms with van der Waals surface area (Å²) in [5.74, 6) is 0.251. The third kappa shape index (κ3) is 3.20. The Labute approximate surface area is 89.6 Å². The van der Waals surface area contributed by atoms with Gasteiger partial charge in [-0.05, 0) is 18.6 Å². The lowest BCUT2D eigenvalue weighted by Crippen LogP contribution is -2.05. The number of ketones is 1. The van der Waals surface area contributed by atoms with Crippen molar-refractivity contribution in [2.45, 2.75) is 19.8 Å². The molecule has 1 N–H and O–H groups in total. The zero-order chi connectivity index (χ0) is 11.1. The number of carbonyl (C=O) groups is 1. The van der Waals surface area contributed by atoms with Gasteiger partial charge in [0.1, 0.15) is 5.75 Å². The summed E-state index contributed by atoms with van der Waals surface area (Å²) in [5, 5.41) is 6.93. The number of hydrogen-bond donors (Lipinski definition) is 1. The van der Waals surface area contributed by atoms with Crippen molar-refractivity contribution in [1.82, 2.24) is 0 Å². The molecule has 0 fully saturated rings. The van der Waals surface area contributed by atoms with Crippen molar-refractivity contribution in [3.05, 3.63) is 29.8 Å². The molecule has 0 saturated carbocycles. The molecule has 0 unspecified atom stereocenters. The number of para-hydroxylation sites is 1. The molecule has 3 nitrogen and oxygen atoms in total. The first-order valence-electron chi connectivity index (χ1n) is 5.06. The van der Waals surface area contributed by atoms with Gasteiger partial charge in [0.25, 0.3) is 0 Å². The fraction of sp³-hybridized carbons (Fsp3) is 0.333. The van der Waals surface area contributed by atoms with Crippen LogP contribution in [-0.4, -0.2) is 18.6 Å². The zero-order valence-corrected chi connectivity index (χ0v) is 8.82. The Kier molecular flexibility index (Phi) is 4.54. The average Bonchev–Trinajstić information content (AvgIpc) is 2.29. The van der Waals surface area contributed by atoms with Crippen LogP contribution >= 0.6 is 0 Å². The maximum absolute atomic E-state index is 11.3. The van der Waals surface area contributed by atoms with E-state index in [0.29, 0.717) is 17.9 Å². The Morgan fingerprint density at radius 1 is 1.47 bits per heavy atom. The quantitative estimate of drug-likeness (QED) is 0.441. The van der Waals surface area contributed by atoms with Crippen LogP contribution in [0.1, 0.15) is 30.1 Å². The third-order valence-corrected chi connectivity index (χ3v) is 2.04. The second kappa shape index (κ2) is 5.96. The maximum atomic E-state index is 11.3. The number of hydrogen-bond acceptors (Lipinski definition) is 3. The van der Waals surface area contributed by atoms with Crippen molar-refractivity contribution < 1.29 is 9.53 Å². The van der Waals surface area contributed by atoms with Gasteiger partial charge in [-0.25, -0.2) is 0 Å². The Bertz CT molecular complexity index is 347. The molecule has 0 aliphatic heterocycles. The number of ether oxygens (including phenoxy) is 1. The Morgan fingerprint density at radius 3 is 2.87 bits per heavy atom. The van der Waals surface area contributed by atoms with Gasteiger partial charge < -0.3 is 10.1 Å². The molecule has 0 aromatic heterocycles. The van der Waals surface area contributed by atoms with Crippen molar-refractivity contribution in [1.29, 1.82) is 5.41 Å². The molecule has 1 aromatic rings. The van der Waals surface area contributed by atoms with Gasteiger partial charge in [0.2, 0.25) is 5.78 Å². The summed E-state index contributed by atoms with van der Waals surface area (Å²) < 4.78 is 5.48. The number of carbonyl (C=O) groups excluding carboxylic acids is 1. The van der Waals surface area contributed by atoms with E-state index in [2.05, 4.69) is 6.92 Å². The predicted molar refractivity (Wildman–Crippen MR) is 60.0 cm³/mol. The second-order valence-electron chi connectivity index (χ2n) is 3.21.